The van der Waals surface area contributed by atoms with Gasteiger partial charge in [0.15, 0.2) is 5.70 Å². The highest BCUT2D eigenvalue weighted by Crippen LogP contribution is 2.48. The van der Waals surface area contributed by atoms with Crippen molar-refractivity contribution in [1.82, 2.24) is 4.48 Å². The fraction of sp³-hybridized carbons (Fsp3) is 0.286. The van der Waals surface area contributed by atoms with Gasteiger partial charge < -0.3 is 17.6 Å². The van der Waals surface area contributed by atoms with Crippen LogP contribution in [0.25, 0.3) is 5.57 Å². The van der Waals surface area contributed by atoms with Crippen molar-refractivity contribution in [3.05, 3.63) is 75.3 Å². The van der Waals surface area contributed by atoms with Crippen molar-refractivity contribution < 1.29 is 39.5 Å². The van der Waals surface area contributed by atoms with E-state index in [0.29, 0.717) is 26.2 Å². The largest absolute Gasteiger partial charge is 0.737 e. The van der Waals surface area contributed by atoms with Gasteiger partial charge in [-0.1, -0.05) is 6.07 Å². The Bertz CT molecular complexity index is 1260. The van der Waals surface area contributed by atoms with Crippen molar-refractivity contribution >= 4 is 18.3 Å². The minimum absolute atomic E-state index is 0.0329. The molecule has 4 rings (SSSR count). The average Bonchev–Trinajstić information content (AvgIpc) is 3.10. The number of aryl methyl sites for hydroxylation is 2. The number of benzene rings is 1. The predicted molar refractivity (Wildman–Crippen MR) is 104 cm³/mol. The summed E-state index contributed by atoms with van der Waals surface area (Å²) in [6, 6.07) is 2.72. The van der Waals surface area contributed by atoms with Gasteiger partial charge in [0.2, 0.25) is 0 Å². The summed E-state index contributed by atoms with van der Waals surface area (Å²) in [5.41, 5.74) is -3.14. The van der Waals surface area contributed by atoms with Gasteiger partial charge in [-0.25, -0.2) is 0 Å². The van der Waals surface area contributed by atoms with Crippen molar-refractivity contribution in [3.63, 3.8) is 0 Å². The highest BCUT2D eigenvalue weighted by molar-refractivity contribution is 6.58. The van der Waals surface area contributed by atoms with Crippen LogP contribution in [0.4, 0.5) is 35.0 Å². The van der Waals surface area contributed by atoms with Gasteiger partial charge in [-0.3, -0.25) is 0 Å². The zero-order valence-electron chi connectivity index (χ0n) is 17.4. The maximum Gasteiger partial charge on any atom is 0.737 e. The van der Waals surface area contributed by atoms with E-state index in [1.54, 1.807) is 0 Å². The number of halogens is 8. The Morgan fingerprint density at radius 3 is 2.06 bits per heavy atom. The molecule has 0 unspecified atom stereocenters. The first-order chi connectivity index (χ1) is 14.6. The molecule has 0 spiro atoms. The van der Waals surface area contributed by atoms with Gasteiger partial charge in [0.25, 0.3) is 0 Å². The van der Waals surface area contributed by atoms with Gasteiger partial charge in [-0.15, -0.1) is 0 Å². The SMILES string of the molecule is CC1=CC(C)=[N+]2C1=C(c1ccc(C(F)(F)F)cc1C(F)(F)F)c1c(C)cc(C)n1[B-]2(F)F. The lowest BCUT2D eigenvalue weighted by Gasteiger charge is -2.34. The van der Waals surface area contributed by atoms with Crippen LogP contribution in [0, 0.1) is 13.8 Å². The van der Waals surface area contributed by atoms with Crippen LogP contribution in [0.2, 0.25) is 0 Å². The average molecular weight is 460 g/mol. The molecule has 1 aromatic carbocycles. The molecule has 0 atom stereocenters. The molecule has 0 aliphatic carbocycles. The van der Waals surface area contributed by atoms with Crippen molar-refractivity contribution in [2.75, 3.05) is 0 Å². The van der Waals surface area contributed by atoms with Crippen LogP contribution >= 0.6 is 0 Å². The predicted octanol–water partition coefficient (Wildman–Crippen LogP) is 6.57. The molecule has 2 nitrogen and oxygen atoms in total. The van der Waals surface area contributed by atoms with E-state index in [9.17, 15) is 26.3 Å². The first kappa shape index (κ1) is 22.4. The number of nitrogens with zero attached hydrogens (tertiary/aromatic N) is 2. The lowest BCUT2D eigenvalue weighted by Crippen LogP contribution is -2.51. The lowest BCUT2D eigenvalue weighted by atomic mass is 9.82. The molecule has 0 amide bonds. The number of rotatable bonds is 1. The molecule has 2 aliphatic rings. The molecule has 170 valence electrons. The van der Waals surface area contributed by atoms with Crippen molar-refractivity contribution in [3.8, 4) is 0 Å². The van der Waals surface area contributed by atoms with Crippen LogP contribution in [0.1, 0.15) is 47.5 Å². The van der Waals surface area contributed by atoms with E-state index in [4.69, 9.17) is 0 Å². The second kappa shape index (κ2) is 6.58. The molecule has 32 heavy (non-hydrogen) atoms. The molecule has 0 radical (unpaired) electrons. The zero-order chi connectivity index (χ0) is 24.0. The Kier molecular flexibility index (Phi) is 4.60. The minimum atomic E-state index is -5.14. The molecular weight excluding hydrogens is 443 g/mol. The van der Waals surface area contributed by atoms with E-state index in [1.807, 2.05) is 0 Å². The highest BCUT2D eigenvalue weighted by atomic mass is 19.4. The van der Waals surface area contributed by atoms with Crippen molar-refractivity contribution in [1.29, 1.82) is 0 Å². The second-order valence-electron chi connectivity index (χ2n) is 8.09. The fourth-order valence-corrected chi connectivity index (χ4v) is 4.73. The Morgan fingerprint density at radius 1 is 0.875 bits per heavy atom. The van der Waals surface area contributed by atoms with Crippen molar-refractivity contribution in [2.24, 2.45) is 0 Å². The Hall–Kier alpha value is -2.85. The first-order valence-corrected chi connectivity index (χ1v) is 9.62. The molecule has 11 heteroatoms. The quantitative estimate of drug-likeness (QED) is 0.336. The summed E-state index contributed by atoms with van der Waals surface area (Å²) in [4.78, 5) is 0. The van der Waals surface area contributed by atoms with E-state index in [0.717, 1.165) is 6.07 Å². The molecule has 0 fully saturated rings. The number of alkyl halides is 6. The topological polar surface area (TPSA) is 7.94 Å². The molecule has 0 saturated carbocycles. The molecule has 2 aliphatic heterocycles. The summed E-state index contributed by atoms with van der Waals surface area (Å²) in [5, 5.41) is 0. The molecule has 1 aromatic heterocycles. The maximum absolute atomic E-state index is 15.6. The number of fused-ring (bicyclic) bond motifs is 2. The standard InChI is InChI=1S/C21H17BF8N2/c1-10-7-12(3)31-18(10)17(19-11(2)8-13(4)32(19)22(31,29)30)15-6-5-14(20(23,24)25)9-16(15)21(26,27)28/h5-9H,1-4H3. The van der Waals surface area contributed by atoms with Gasteiger partial charge in [0.1, 0.15) is 5.71 Å². The summed E-state index contributed by atoms with van der Waals surface area (Å²) in [7, 11) is 0. The summed E-state index contributed by atoms with van der Waals surface area (Å²) in [5.74, 6) is 0. The molecule has 0 N–H and O–H groups in total. The van der Waals surface area contributed by atoms with Crippen LogP contribution in [0.15, 0.2) is 41.6 Å². The Labute approximate surface area is 178 Å². The van der Waals surface area contributed by atoms with E-state index < -0.39 is 36.0 Å². The third kappa shape index (κ3) is 3.04. The lowest BCUT2D eigenvalue weighted by molar-refractivity contribution is -0.363. The number of aromatic nitrogens is 1. The zero-order valence-corrected chi connectivity index (χ0v) is 17.4. The smallest absolute Gasteiger partial charge is 0.393 e. The van der Waals surface area contributed by atoms with Crippen LogP contribution in [0.3, 0.4) is 0 Å². The van der Waals surface area contributed by atoms with E-state index in [2.05, 4.69) is 0 Å². The third-order valence-corrected chi connectivity index (χ3v) is 5.86. The summed E-state index contributed by atoms with van der Waals surface area (Å²) in [6.07, 6.45) is -8.71. The molecule has 0 bridgehead atoms. The molecular formula is C21H17BF8N2. The summed E-state index contributed by atoms with van der Waals surface area (Å²) in [6.45, 7) is 1.39. The van der Waals surface area contributed by atoms with Gasteiger partial charge >= 0.3 is 19.3 Å². The van der Waals surface area contributed by atoms with Gasteiger partial charge in [0, 0.05) is 29.8 Å². The monoisotopic (exact) mass is 460 g/mol. The second-order valence-corrected chi connectivity index (χ2v) is 8.09. The molecule has 0 saturated heterocycles. The summed E-state index contributed by atoms with van der Waals surface area (Å²) < 4.78 is 114. The van der Waals surface area contributed by atoms with Gasteiger partial charge in [-0.2, -0.15) is 26.3 Å². The van der Waals surface area contributed by atoms with Crippen LogP contribution in [-0.2, 0) is 12.4 Å². The summed E-state index contributed by atoms with van der Waals surface area (Å²) >= 11 is 0. The maximum atomic E-state index is 15.6. The van der Waals surface area contributed by atoms with Crippen LogP contribution < -0.4 is 0 Å². The van der Waals surface area contributed by atoms with Gasteiger partial charge in [0.05, 0.1) is 16.7 Å². The van der Waals surface area contributed by atoms with E-state index in [1.165, 1.54) is 39.8 Å². The molecule has 2 aromatic rings. The number of hydrogen-bond donors (Lipinski definition) is 0. The van der Waals surface area contributed by atoms with Gasteiger partial charge in [-0.05, 0) is 50.2 Å². The number of allylic oxidation sites excluding steroid dienone is 2. The Balaban J connectivity index is 2.18. The minimum Gasteiger partial charge on any atom is -0.393 e. The normalized spacial score (nSPS) is 18.2. The highest BCUT2D eigenvalue weighted by Gasteiger charge is 2.56. The fourth-order valence-electron chi connectivity index (χ4n) is 4.73. The molecule has 3 heterocycles. The third-order valence-electron chi connectivity index (χ3n) is 5.86. The number of hydrogen-bond acceptors (Lipinski definition) is 0. The van der Waals surface area contributed by atoms with Crippen LogP contribution in [0.5, 0.6) is 0 Å². The van der Waals surface area contributed by atoms with E-state index in [-0.39, 0.29) is 34.4 Å². The van der Waals surface area contributed by atoms with Crippen LogP contribution in [-0.4, -0.2) is 21.6 Å². The van der Waals surface area contributed by atoms with E-state index >= 15 is 8.63 Å². The van der Waals surface area contributed by atoms with Crippen molar-refractivity contribution in [2.45, 2.75) is 40.0 Å². The Morgan fingerprint density at radius 2 is 1.50 bits per heavy atom. The first-order valence-electron chi connectivity index (χ1n) is 9.62.